The summed E-state index contributed by atoms with van der Waals surface area (Å²) in [5.74, 6) is -0.346. The summed E-state index contributed by atoms with van der Waals surface area (Å²) in [6.07, 6.45) is 0.552. The molecule has 1 aliphatic heterocycles. The molecule has 16 heavy (non-hydrogen) atoms. The van der Waals surface area contributed by atoms with E-state index in [-0.39, 0.29) is 11.9 Å². The van der Waals surface area contributed by atoms with E-state index < -0.39 is 5.97 Å². The van der Waals surface area contributed by atoms with Crippen LogP contribution in [0.4, 0.5) is 0 Å². The van der Waals surface area contributed by atoms with Crippen molar-refractivity contribution in [3.8, 4) is 5.75 Å². The van der Waals surface area contributed by atoms with Crippen molar-refractivity contribution in [1.82, 2.24) is 0 Å². The number of thiophene rings is 1. The van der Waals surface area contributed by atoms with Crippen LogP contribution in [-0.2, 0) is 11.2 Å². The van der Waals surface area contributed by atoms with Crippen LogP contribution in [0.3, 0.4) is 0 Å². The molecule has 1 aromatic carbocycles. The third kappa shape index (κ3) is 1.23. The fraction of sp³-hybridized carbons (Fsp3) is 0.250. The number of fused-ring (bicyclic) bond motifs is 2. The molecule has 0 radical (unpaired) electrons. The minimum atomic E-state index is -0.415. The van der Waals surface area contributed by atoms with Crippen molar-refractivity contribution < 1.29 is 14.6 Å². The topological polar surface area (TPSA) is 46.5 Å². The van der Waals surface area contributed by atoms with Gasteiger partial charge in [0.15, 0.2) is 0 Å². The van der Waals surface area contributed by atoms with Gasteiger partial charge < -0.3 is 9.84 Å². The van der Waals surface area contributed by atoms with Gasteiger partial charge in [-0.05, 0) is 35.4 Å². The first-order valence-corrected chi connectivity index (χ1v) is 5.98. The van der Waals surface area contributed by atoms with E-state index in [0.717, 1.165) is 15.6 Å². The molecule has 2 heterocycles. The first-order chi connectivity index (χ1) is 7.66. The normalized spacial score (nSPS) is 19.6. The summed E-state index contributed by atoms with van der Waals surface area (Å²) in [7, 11) is 0. The van der Waals surface area contributed by atoms with E-state index in [1.165, 1.54) is 11.3 Å². The average molecular weight is 234 g/mol. The van der Waals surface area contributed by atoms with Gasteiger partial charge in [-0.1, -0.05) is 0 Å². The van der Waals surface area contributed by atoms with E-state index in [2.05, 4.69) is 0 Å². The first-order valence-electron chi connectivity index (χ1n) is 5.10. The quantitative estimate of drug-likeness (QED) is 0.713. The van der Waals surface area contributed by atoms with Crippen molar-refractivity contribution in [2.75, 3.05) is 0 Å². The molecule has 1 aromatic heterocycles. The number of ether oxygens (including phenoxy) is 1. The third-order valence-electron chi connectivity index (χ3n) is 2.82. The molecule has 4 heteroatoms. The number of esters is 1. The Morgan fingerprint density at radius 1 is 1.56 bits per heavy atom. The monoisotopic (exact) mass is 234 g/mol. The van der Waals surface area contributed by atoms with Crippen LogP contribution in [0.25, 0.3) is 10.1 Å². The second-order valence-corrected chi connectivity index (χ2v) is 4.93. The molecule has 82 valence electrons. The molecule has 0 spiro atoms. The molecule has 0 bridgehead atoms. The molecular weight excluding hydrogens is 224 g/mol. The smallest absolute Gasteiger partial charge is 0.342 e. The molecule has 0 saturated carbocycles. The Morgan fingerprint density at radius 3 is 3.19 bits per heavy atom. The van der Waals surface area contributed by atoms with Crippen molar-refractivity contribution >= 4 is 27.4 Å². The maximum atomic E-state index is 11.7. The summed E-state index contributed by atoms with van der Waals surface area (Å²) in [6, 6.07) is 3.92. The molecule has 3 nitrogen and oxygen atoms in total. The standard InChI is InChI=1S/C12H10O3S/c1-6-4-8-5-7-2-3-16-11(7)10(13)9(8)12(14)15-6/h2-3,5-6,13H,4H2,1H3. The number of hydrogen-bond donors (Lipinski definition) is 1. The molecule has 0 fully saturated rings. The van der Waals surface area contributed by atoms with Crippen LogP contribution in [0, 0.1) is 0 Å². The van der Waals surface area contributed by atoms with Gasteiger partial charge >= 0.3 is 5.97 Å². The van der Waals surface area contributed by atoms with Crippen LogP contribution in [0.1, 0.15) is 22.8 Å². The largest absolute Gasteiger partial charge is 0.506 e. The molecule has 1 N–H and O–H groups in total. The Balaban J connectivity index is 2.34. The van der Waals surface area contributed by atoms with Gasteiger partial charge in [-0.15, -0.1) is 11.3 Å². The summed E-state index contributed by atoms with van der Waals surface area (Å²) < 4.78 is 5.88. The number of phenols is 1. The van der Waals surface area contributed by atoms with Crippen molar-refractivity contribution in [1.29, 1.82) is 0 Å². The minimum absolute atomic E-state index is 0.0689. The van der Waals surface area contributed by atoms with Crippen molar-refractivity contribution in [2.45, 2.75) is 19.4 Å². The fourth-order valence-corrected chi connectivity index (χ4v) is 2.96. The number of phenolic OH excluding ortho intramolecular Hbond substituents is 1. The predicted octanol–water partition coefficient (Wildman–Crippen LogP) is 2.71. The highest BCUT2D eigenvalue weighted by molar-refractivity contribution is 7.17. The van der Waals surface area contributed by atoms with Gasteiger partial charge in [-0.3, -0.25) is 0 Å². The Hall–Kier alpha value is -1.55. The van der Waals surface area contributed by atoms with Gasteiger partial charge in [-0.25, -0.2) is 4.79 Å². The van der Waals surface area contributed by atoms with Crippen LogP contribution in [0.2, 0.25) is 0 Å². The highest BCUT2D eigenvalue weighted by Gasteiger charge is 2.28. The van der Waals surface area contributed by atoms with Crippen LogP contribution in [0.5, 0.6) is 5.75 Å². The zero-order chi connectivity index (χ0) is 11.3. The summed E-state index contributed by atoms with van der Waals surface area (Å²) in [4.78, 5) is 11.7. The lowest BCUT2D eigenvalue weighted by atomic mass is 9.97. The van der Waals surface area contributed by atoms with E-state index in [0.29, 0.717) is 12.0 Å². The highest BCUT2D eigenvalue weighted by Crippen LogP contribution is 2.38. The molecule has 1 unspecified atom stereocenters. The fourth-order valence-electron chi connectivity index (χ4n) is 2.13. The summed E-state index contributed by atoms with van der Waals surface area (Å²) >= 11 is 1.43. The van der Waals surface area contributed by atoms with E-state index in [4.69, 9.17) is 4.74 Å². The first kappa shape index (κ1) is 9.66. The number of benzene rings is 1. The van der Waals surface area contributed by atoms with E-state index in [1.54, 1.807) is 0 Å². The van der Waals surface area contributed by atoms with Gasteiger partial charge in [0.1, 0.15) is 17.4 Å². The molecule has 3 rings (SSSR count). The highest BCUT2D eigenvalue weighted by atomic mass is 32.1. The third-order valence-corrected chi connectivity index (χ3v) is 3.76. The lowest BCUT2D eigenvalue weighted by Gasteiger charge is -2.22. The van der Waals surface area contributed by atoms with E-state index in [1.807, 2.05) is 24.4 Å². The minimum Gasteiger partial charge on any atom is -0.506 e. The predicted molar refractivity (Wildman–Crippen MR) is 62.1 cm³/mol. The Labute approximate surface area is 96.3 Å². The molecule has 2 aromatic rings. The van der Waals surface area contributed by atoms with Crippen molar-refractivity contribution in [3.63, 3.8) is 0 Å². The number of rotatable bonds is 0. The average Bonchev–Trinajstić information content (AvgIpc) is 2.64. The van der Waals surface area contributed by atoms with Crippen molar-refractivity contribution in [3.05, 3.63) is 28.6 Å². The molecule has 1 aliphatic rings. The molecule has 0 amide bonds. The van der Waals surface area contributed by atoms with Crippen molar-refractivity contribution in [2.24, 2.45) is 0 Å². The Kier molecular flexibility index (Phi) is 1.94. The number of carbonyl (C=O) groups is 1. The zero-order valence-electron chi connectivity index (χ0n) is 8.69. The number of carbonyl (C=O) groups excluding carboxylic acids is 1. The summed E-state index contributed by atoms with van der Waals surface area (Å²) in [5.41, 5.74) is 1.22. The number of hydrogen-bond acceptors (Lipinski definition) is 4. The van der Waals surface area contributed by atoms with Crippen LogP contribution in [0.15, 0.2) is 17.5 Å². The van der Waals surface area contributed by atoms with Gasteiger partial charge in [0.05, 0.1) is 4.70 Å². The molecule has 1 atom stereocenters. The van der Waals surface area contributed by atoms with Gasteiger partial charge in [-0.2, -0.15) is 0 Å². The lowest BCUT2D eigenvalue weighted by Crippen LogP contribution is -2.25. The van der Waals surface area contributed by atoms with Crippen LogP contribution in [-0.4, -0.2) is 17.2 Å². The second-order valence-electron chi connectivity index (χ2n) is 4.02. The Morgan fingerprint density at radius 2 is 2.38 bits per heavy atom. The van der Waals surface area contributed by atoms with E-state index in [9.17, 15) is 9.90 Å². The second kappa shape index (κ2) is 3.22. The number of aromatic hydroxyl groups is 1. The maximum absolute atomic E-state index is 11.7. The van der Waals surface area contributed by atoms with Gasteiger partial charge in [0.2, 0.25) is 0 Å². The van der Waals surface area contributed by atoms with Gasteiger partial charge in [0.25, 0.3) is 0 Å². The van der Waals surface area contributed by atoms with E-state index >= 15 is 0 Å². The summed E-state index contributed by atoms with van der Waals surface area (Å²) in [6.45, 7) is 1.86. The van der Waals surface area contributed by atoms with Crippen LogP contribution < -0.4 is 0 Å². The maximum Gasteiger partial charge on any atom is 0.342 e. The SMILES string of the molecule is CC1Cc2cc3ccsc3c(O)c2C(=O)O1. The zero-order valence-corrected chi connectivity index (χ0v) is 9.50. The van der Waals surface area contributed by atoms with Gasteiger partial charge in [0, 0.05) is 6.42 Å². The summed E-state index contributed by atoms with van der Waals surface area (Å²) in [5, 5.41) is 12.9. The Bertz CT molecular complexity index is 585. The molecule has 0 saturated heterocycles. The molecule has 0 aliphatic carbocycles. The van der Waals surface area contributed by atoms with Crippen LogP contribution >= 0.6 is 11.3 Å². The number of cyclic esters (lactones) is 1. The lowest BCUT2D eigenvalue weighted by molar-refractivity contribution is 0.0298. The molecular formula is C12H10O3S.